The van der Waals surface area contributed by atoms with Gasteiger partial charge in [-0.05, 0) is 44.3 Å². The van der Waals surface area contributed by atoms with E-state index >= 15 is 0 Å². The minimum Gasteiger partial charge on any atom is -0.384 e. The number of primary amides is 1. The van der Waals surface area contributed by atoms with Crippen LogP contribution in [0.2, 0.25) is 0 Å². The number of amides is 1. The van der Waals surface area contributed by atoms with Crippen LogP contribution in [0, 0.1) is 5.92 Å². The Kier molecular flexibility index (Phi) is 5.99. The quantitative estimate of drug-likeness (QED) is 0.793. The smallest absolute Gasteiger partial charge is 0.252 e. The van der Waals surface area contributed by atoms with Crippen LogP contribution in [0.1, 0.15) is 40.8 Å². The van der Waals surface area contributed by atoms with Crippen LogP contribution in [-0.4, -0.2) is 40.4 Å². The lowest BCUT2D eigenvalue weighted by molar-refractivity contribution is 0.100. The highest BCUT2D eigenvalue weighted by atomic mass is 32.1. The lowest BCUT2D eigenvalue weighted by Gasteiger charge is -2.31. The third kappa shape index (κ3) is 4.76. The van der Waals surface area contributed by atoms with Gasteiger partial charge in [0, 0.05) is 30.9 Å². The predicted molar refractivity (Wildman–Crippen MR) is 101 cm³/mol. The number of likely N-dealkylation sites (tertiary alicyclic amines) is 1. The average Bonchev–Trinajstić information content (AvgIpc) is 3.09. The number of pyridine rings is 1. The number of thiazole rings is 1. The monoisotopic (exact) mass is 359 g/mol. The van der Waals surface area contributed by atoms with Crippen LogP contribution >= 0.6 is 11.3 Å². The van der Waals surface area contributed by atoms with Gasteiger partial charge in [-0.2, -0.15) is 0 Å². The first-order valence-corrected chi connectivity index (χ1v) is 9.67. The van der Waals surface area contributed by atoms with E-state index < -0.39 is 5.91 Å². The Bertz CT molecular complexity index is 709. The first kappa shape index (κ1) is 17.8. The number of anilines is 1. The largest absolute Gasteiger partial charge is 0.384 e. The Labute approximate surface area is 152 Å². The zero-order valence-corrected chi connectivity index (χ0v) is 15.4. The summed E-state index contributed by atoms with van der Waals surface area (Å²) in [6.45, 7) is 6.13. The van der Waals surface area contributed by atoms with Crippen molar-refractivity contribution in [2.45, 2.75) is 32.7 Å². The lowest BCUT2D eigenvalue weighted by Crippen LogP contribution is -2.35. The van der Waals surface area contributed by atoms with Crippen molar-refractivity contribution in [3.05, 3.63) is 40.1 Å². The maximum atomic E-state index is 11.4. The van der Waals surface area contributed by atoms with Crippen LogP contribution < -0.4 is 11.1 Å². The van der Waals surface area contributed by atoms with Gasteiger partial charge >= 0.3 is 0 Å². The molecular weight excluding hydrogens is 334 g/mol. The zero-order valence-electron chi connectivity index (χ0n) is 14.6. The van der Waals surface area contributed by atoms with Crippen molar-refractivity contribution < 1.29 is 4.79 Å². The number of nitrogens with one attached hydrogen (secondary N) is 1. The van der Waals surface area contributed by atoms with E-state index in [0.717, 1.165) is 51.1 Å². The van der Waals surface area contributed by atoms with Crippen LogP contribution in [0.3, 0.4) is 0 Å². The Hall–Kier alpha value is -1.99. The summed E-state index contributed by atoms with van der Waals surface area (Å²) in [7, 11) is 0. The number of aryl methyl sites for hydroxylation is 1. The molecule has 2 aromatic heterocycles. The molecule has 0 atom stereocenters. The molecule has 1 aliphatic rings. The van der Waals surface area contributed by atoms with Crippen molar-refractivity contribution >= 4 is 22.9 Å². The third-order valence-electron chi connectivity index (χ3n) is 4.66. The Balaban J connectivity index is 1.46. The summed E-state index contributed by atoms with van der Waals surface area (Å²) in [5.74, 6) is 0.159. The fourth-order valence-electron chi connectivity index (χ4n) is 3.16. The summed E-state index contributed by atoms with van der Waals surface area (Å²) in [6, 6.07) is 1.81. The van der Waals surface area contributed by atoms with Crippen LogP contribution in [0.4, 0.5) is 5.69 Å². The minimum atomic E-state index is -0.444. The molecule has 7 heteroatoms. The summed E-state index contributed by atoms with van der Waals surface area (Å²) < 4.78 is 0. The highest BCUT2D eigenvalue weighted by Crippen LogP contribution is 2.21. The van der Waals surface area contributed by atoms with E-state index in [1.807, 2.05) is 6.07 Å². The second-order valence-electron chi connectivity index (χ2n) is 6.47. The van der Waals surface area contributed by atoms with Gasteiger partial charge in [-0.3, -0.25) is 14.7 Å². The summed E-state index contributed by atoms with van der Waals surface area (Å²) in [5.41, 5.74) is 7.82. The van der Waals surface area contributed by atoms with Gasteiger partial charge in [-0.15, -0.1) is 11.3 Å². The third-order valence-corrected chi connectivity index (χ3v) is 5.70. The van der Waals surface area contributed by atoms with Gasteiger partial charge in [0.2, 0.25) is 0 Å². The van der Waals surface area contributed by atoms with E-state index in [0.29, 0.717) is 11.5 Å². The number of rotatable bonds is 7. The second kappa shape index (κ2) is 8.40. The predicted octanol–water partition coefficient (Wildman–Crippen LogP) is 2.52. The summed E-state index contributed by atoms with van der Waals surface area (Å²) in [6.07, 6.45) is 6.51. The Morgan fingerprint density at radius 2 is 2.24 bits per heavy atom. The normalized spacial score (nSPS) is 16.0. The summed E-state index contributed by atoms with van der Waals surface area (Å²) in [5, 5.41) is 6.77. The molecule has 3 N–H and O–H groups in total. The van der Waals surface area contributed by atoms with Crippen molar-refractivity contribution in [3.8, 4) is 0 Å². The first-order chi connectivity index (χ1) is 12.2. The SMILES string of the molecule is CCc1nc(CN2CCC(CNc3ccncc3C(N)=O)CC2)cs1. The topological polar surface area (TPSA) is 84.1 Å². The minimum absolute atomic E-state index is 0.444. The fourth-order valence-corrected chi connectivity index (χ4v) is 3.90. The first-order valence-electron chi connectivity index (χ1n) is 8.79. The average molecular weight is 359 g/mol. The molecule has 1 aliphatic heterocycles. The van der Waals surface area contributed by atoms with Gasteiger partial charge in [0.05, 0.1) is 22.0 Å². The molecule has 134 valence electrons. The van der Waals surface area contributed by atoms with Crippen molar-refractivity contribution in [1.82, 2.24) is 14.9 Å². The number of aromatic nitrogens is 2. The molecule has 3 heterocycles. The zero-order chi connectivity index (χ0) is 17.6. The molecule has 0 radical (unpaired) electrons. The van der Waals surface area contributed by atoms with Gasteiger partial charge in [0.15, 0.2) is 0 Å². The number of carbonyl (C=O) groups excluding carboxylic acids is 1. The molecular formula is C18H25N5OS. The number of nitrogens with zero attached hydrogens (tertiary/aromatic N) is 3. The number of nitrogens with two attached hydrogens (primary N) is 1. The van der Waals surface area contributed by atoms with E-state index in [9.17, 15) is 4.79 Å². The van der Waals surface area contributed by atoms with Crippen molar-refractivity contribution in [1.29, 1.82) is 0 Å². The van der Waals surface area contributed by atoms with Gasteiger partial charge < -0.3 is 11.1 Å². The summed E-state index contributed by atoms with van der Waals surface area (Å²) >= 11 is 1.76. The van der Waals surface area contributed by atoms with Crippen molar-refractivity contribution in [2.24, 2.45) is 11.7 Å². The number of hydrogen-bond acceptors (Lipinski definition) is 6. The highest BCUT2D eigenvalue weighted by molar-refractivity contribution is 7.09. The van der Waals surface area contributed by atoms with Crippen LogP contribution in [-0.2, 0) is 13.0 Å². The molecule has 25 heavy (non-hydrogen) atoms. The molecule has 2 aromatic rings. The maximum absolute atomic E-state index is 11.4. The molecule has 0 bridgehead atoms. The van der Waals surface area contributed by atoms with E-state index in [2.05, 4.69) is 32.5 Å². The van der Waals surface area contributed by atoms with Crippen LogP contribution in [0.15, 0.2) is 23.8 Å². The van der Waals surface area contributed by atoms with E-state index in [-0.39, 0.29) is 0 Å². The molecule has 0 aromatic carbocycles. The second-order valence-corrected chi connectivity index (χ2v) is 7.41. The number of carbonyl (C=O) groups is 1. The standard InChI is InChI=1S/C18H25N5OS/c1-2-17-22-14(12-25-17)11-23-7-4-13(5-8-23)9-21-16-3-6-20-10-15(16)18(19)24/h3,6,10,12-13H,2,4-5,7-9,11H2,1H3,(H2,19,24)(H,20,21). The van der Waals surface area contributed by atoms with Crippen LogP contribution in [0.5, 0.6) is 0 Å². The van der Waals surface area contributed by atoms with Crippen LogP contribution in [0.25, 0.3) is 0 Å². The highest BCUT2D eigenvalue weighted by Gasteiger charge is 2.20. The number of hydrogen-bond donors (Lipinski definition) is 2. The van der Waals surface area contributed by atoms with E-state index in [1.54, 1.807) is 17.5 Å². The Morgan fingerprint density at radius 1 is 1.44 bits per heavy atom. The molecule has 3 rings (SSSR count). The fraction of sp³-hybridized carbons (Fsp3) is 0.500. The molecule has 1 saturated heterocycles. The number of piperidine rings is 1. The van der Waals surface area contributed by atoms with Gasteiger partial charge in [-0.1, -0.05) is 6.92 Å². The van der Waals surface area contributed by atoms with Gasteiger partial charge in [0.1, 0.15) is 0 Å². The van der Waals surface area contributed by atoms with E-state index in [4.69, 9.17) is 5.73 Å². The maximum Gasteiger partial charge on any atom is 0.252 e. The van der Waals surface area contributed by atoms with Crippen molar-refractivity contribution in [3.63, 3.8) is 0 Å². The van der Waals surface area contributed by atoms with E-state index in [1.165, 1.54) is 16.9 Å². The molecule has 0 saturated carbocycles. The molecule has 1 fully saturated rings. The molecule has 6 nitrogen and oxygen atoms in total. The van der Waals surface area contributed by atoms with Gasteiger partial charge in [-0.25, -0.2) is 4.98 Å². The Morgan fingerprint density at radius 3 is 2.92 bits per heavy atom. The van der Waals surface area contributed by atoms with Gasteiger partial charge in [0.25, 0.3) is 5.91 Å². The molecule has 1 amide bonds. The molecule has 0 unspecified atom stereocenters. The summed E-state index contributed by atoms with van der Waals surface area (Å²) in [4.78, 5) is 22.5. The molecule has 0 spiro atoms. The van der Waals surface area contributed by atoms with Crippen molar-refractivity contribution in [2.75, 3.05) is 25.0 Å². The molecule has 0 aliphatic carbocycles. The lowest BCUT2D eigenvalue weighted by atomic mass is 9.96.